The Kier molecular flexibility index (Phi) is 7.54. The first-order valence-electron chi connectivity index (χ1n) is 5.99. The Morgan fingerprint density at radius 1 is 1.29 bits per heavy atom. The van der Waals surface area contributed by atoms with Crippen molar-refractivity contribution in [3.05, 3.63) is 0 Å². The van der Waals surface area contributed by atoms with E-state index in [4.69, 9.17) is 9.84 Å². The van der Waals surface area contributed by atoms with E-state index < -0.39 is 11.9 Å². The molecule has 0 bridgehead atoms. The Labute approximate surface area is 103 Å². The van der Waals surface area contributed by atoms with E-state index in [9.17, 15) is 9.59 Å². The first kappa shape index (κ1) is 15.9. The molecule has 0 aromatic heterocycles. The summed E-state index contributed by atoms with van der Waals surface area (Å²) in [5.74, 6) is -1.60. The number of ether oxygens (including phenoxy) is 1. The summed E-state index contributed by atoms with van der Waals surface area (Å²) in [6.45, 7) is 8.82. The highest BCUT2D eigenvalue weighted by Gasteiger charge is 2.22. The lowest BCUT2D eigenvalue weighted by molar-refractivity contribution is -0.144. The molecule has 5 nitrogen and oxygen atoms in total. The van der Waals surface area contributed by atoms with Gasteiger partial charge in [-0.1, -0.05) is 20.8 Å². The van der Waals surface area contributed by atoms with Gasteiger partial charge in [-0.15, -0.1) is 0 Å². The largest absolute Gasteiger partial charge is 0.481 e. The first-order valence-corrected chi connectivity index (χ1v) is 5.99. The number of hydrogen-bond acceptors (Lipinski definition) is 3. The third-order valence-electron chi connectivity index (χ3n) is 2.43. The second kappa shape index (κ2) is 8.06. The zero-order valence-corrected chi connectivity index (χ0v) is 11.1. The van der Waals surface area contributed by atoms with Crippen molar-refractivity contribution >= 4 is 11.9 Å². The van der Waals surface area contributed by atoms with Gasteiger partial charge >= 0.3 is 5.97 Å². The molecule has 1 amide bonds. The Bertz CT molecular complexity index is 253. The summed E-state index contributed by atoms with van der Waals surface area (Å²) in [5.41, 5.74) is 0. The van der Waals surface area contributed by atoms with E-state index in [-0.39, 0.29) is 18.4 Å². The van der Waals surface area contributed by atoms with Crippen LogP contribution in [0.2, 0.25) is 0 Å². The Hall–Kier alpha value is -1.10. The van der Waals surface area contributed by atoms with Gasteiger partial charge in [0.1, 0.15) is 0 Å². The van der Waals surface area contributed by atoms with Crippen molar-refractivity contribution in [2.24, 2.45) is 11.8 Å². The predicted octanol–water partition coefficient (Wildman–Crippen LogP) is 1.23. The molecular weight excluding hydrogens is 222 g/mol. The summed E-state index contributed by atoms with van der Waals surface area (Å²) < 4.78 is 5.19. The van der Waals surface area contributed by atoms with Gasteiger partial charge in [0, 0.05) is 25.6 Å². The summed E-state index contributed by atoms with van der Waals surface area (Å²) in [6.07, 6.45) is 0. The quantitative estimate of drug-likeness (QED) is 0.653. The maximum atomic E-state index is 11.9. The fourth-order valence-electron chi connectivity index (χ4n) is 1.38. The van der Waals surface area contributed by atoms with Crippen LogP contribution in [0.1, 0.15) is 27.7 Å². The summed E-state index contributed by atoms with van der Waals surface area (Å²) in [6, 6.07) is 0. The molecule has 0 aromatic carbocycles. The lowest BCUT2D eigenvalue weighted by Crippen LogP contribution is -2.41. The van der Waals surface area contributed by atoms with Crippen LogP contribution in [0.4, 0.5) is 0 Å². The van der Waals surface area contributed by atoms with Gasteiger partial charge in [0.2, 0.25) is 5.91 Å². The zero-order valence-electron chi connectivity index (χ0n) is 11.1. The van der Waals surface area contributed by atoms with Gasteiger partial charge in [-0.3, -0.25) is 9.59 Å². The van der Waals surface area contributed by atoms with Crippen LogP contribution >= 0.6 is 0 Å². The molecule has 0 heterocycles. The smallest absolute Gasteiger partial charge is 0.308 e. The van der Waals surface area contributed by atoms with E-state index in [0.29, 0.717) is 19.8 Å². The maximum Gasteiger partial charge on any atom is 0.308 e. The fourth-order valence-corrected chi connectivity index (χ4v) is 1.38. The van der Waals surface area contributed by atoms with E-state index in [1.165, 1.54) is 0 Å². The number of carbonyl (C=O) groups is 2. The number of hydrogen-bond donors (Lipinski definition) is 1. The highest BCUT2D eigenvalue weighted by Crippen LogP contribution is 2.06. The first-order chi connectivity index (χ1) is 7.90. The van der Waals surface area contributed by atoms with Crippen molar-refractivity contribution < 1.29 is 19.4 Å². The summed E-state index contributed by atoms with van der Waals surface area (Å²) in [7, 11) is 0. The lowest BCUT2D eigenvalue weighted by atomic mass is 10.1. The number of amides is 1. The molecule has 0 saturated heterocycles. The third kappa shape index (κ3) is 6.26. The second-order valence-electron chi connectivity index (χ2n) is 4.38. The van der Waals surface area contributed by atoms with Gasteiger partial charge in [0.15, 0.2) is 0 Å². The monoisotopic (exact) mass is 245 g/mol. The van der Waals surface area contributed by atoms with E-state index in [1.54, 1.807) is 25.7 Å². The van der Waals surface area contributed by atoms with Gasteiger partial charge in [-0.2, -0.15) is 0 Å². The minimum atomic E-state index is -0.886. The van der Waals surface area contributed by atoms with Gasteiger partial charge < -0.3 is 14.7 Å². The molecule has 0 aromatic rings. The molecule has 5 heteroatoms. The highest BCUT2D eigenvalue weighted by molar-refractivity contribution is 5.79. The fraction of sp³-hybridized carbons (Fsp3) is 0.833. The molecule has 0 saturated carbocycles. The van der Waals surface area contributed by atoms with Crippen molar-refractivity contribution in [2.45, 2.75) is 27.7 Å². The van der Waals surface area contributed by atoms with Crippen LogP contribution in [0.5, 0.6) is 0 Å². The minimum Gasteiger partial charge on any atom is -0.481 e. The van der Waals surface area contributed by atoms with Crippen LogP contribution in [-0.2, 0) is 14.3 Å². The molecule has 1 atom stereocenters. The Morgan fingerprint density at radius 3 is 2.29 bits per heavy atom. The summed E-state index contributed by atoms with van der Waals surface area (Å²) >= 11 is 0. The average molecular weight is 245 g/mol. The average Bonchev–Trinajstić information content (AvgIpc) is 2.26. The van der Waals surface area contributed by atoms with Crippen LogP contribution < -0.4 is 0 Å². The van der Waals surface area contributed by atoms with Crippen LogP contribution in [0, 0.1) is 11.8 Å². The molecule has 0 spiro atoms. The van der Waals surface area contributed by atoms with Crippen molar-refractivity contribution in [1.29, 1.82) is 0 Å². The molecule has 0 rings (SSSR count). The normalized spacial score (nSPS) is 12.5. The van der Waals surface area contributed by atoms with Gasteiger partial charge in [-0.05, 0) is 6.92 Å². The summed E-state index contributed by atoms with van der Waals surface area (Å²) in [5, 5.41) is 8.85. The van der Waals surface area contributed by atoms with E-state index in [2.05, 4.69) is 0 Å². The molecule has 0 radical (unpaired) electrons. The van der Waals surface area contributed by atoms with Crippen molar-refractivity contribution in [3.63, 3.8) is 0 Å². The SMILES string of the molecule is CCOCCN(C[C@H](C)C(=O)O)C(=O)C(C)C. The van der Waals surface area contributed by atoms with Crippen molar-refractivity contribution in [3.8, 4) is 0 Å². The van der Waals surface area contributed by atoms with Crippen molar-refractivity contribution in [1.82, 2.24) is 4.90 Å². The second-order valence-corrected chi connectivity index (χ2v) is 4.38. The number of carboxylic acids is 1. The number of aliphatic carboxylic acids is 1. The molecule has 0 unspecified atom stereocenters. The molecule has 0 aliphatic heterocycles. The van der Waals surface area contributed by atoms with Crippen molar-refractivity contribution in [2.75, 3.05) is 26.3 Å². The number of carbonyl (C=O) groups excluding carboxylic acids is 1. The molecule has 0 aliphatic rings. The molecular formula is C12H23NO4. The Morgan fingerprint density at radius 2 is 1.88 bits per heavy atom. The third-order valence-corrected chi connectivity index (χ3v) is 2.43. The van der Waals surface area contributed by atoms with Crippen LogP contribution in [0.25, 0.3) is 0 Å². The standard InChI is InChI=1S/C12H23NO4/c1-5-17-7-6-13(11(14)9(2)3)8-10(4)12(15)16/h9-10H,5-8H2,1-4H3,(H,15,16)/t10-/m0/s1. The zero-order chi connectivity index (χ0) is 13.4. The lowest BCUT2D eigenvalue weighted by Gasteiger charge is -2.26. The number of nitrogens with zero attached hydrogens (tertiary/aromatic N) is 1. The predicted molar refractivity (Wildman–Crippen MR) is 64.7 cm³/mol. The van der Waals surface area contributed by atoms with E-state index in [0.717, 1.165) is 0 Å². The Balaban J connectivity index is 4.39. The molecule has 17 heavy (non-hydrogen) atoms. The van der Waals surface area contributed by atoms with E-state index in [1.807, 2.05) is 6.92 Å². The number of rotatable bonds is 8. The van der Waals surface area contributed by atoms with Crippen LogP contribution in [0.3, 0.4) is 0 Å². The van der Waals surface area contributed by atoms with E-state index >= 15 is 0 Å². The van der Waals surface area contributed by atoms with Crippen LogP contribution in [-0.4, -0.2) is 48.2 Å². The molecule has 0 aliphatic carbocycles. The topological polar surface area (TPSA) is 66.8 Å². The number of carboxylic acid groups (broad SMARTS) is 1. The maximum absolute atomic E-state index is 11.9. The van der Waals surface area contributed by atoms with Gasteiger partial charge in [0.05, 0.1) is 12.5 Å². The highest BCUT2D eigenvalue weighted by atomic mass is 16.5. The molecule has 0 fully saturated rings. The van der Waals surface area contributed by atoms with Crippen LogP contribution in [0.15, 0.2) is 0 Å². The van der Waals surface area contributed by atoms with Gasteiger partial charge in [-0.25, -0.2) is 0 Å². The van der Waals surface area contributed by atoms with Gasteiger partial charge in [0.25, 0.3) is 0 Å². The molecule has 100 valence electrons. The minimum absolute atomic E-state index is 0.0298. The molecule has 1 N–H and O–H groups in total. The summed E-state index contributed by atoms with van der Waals surface area (Å²) in [4.78, 5) is 24.2.